The Kier molecular flexibility index (Phi) is 4.09. The second-order valence-corrected chi connectivity index (χ2v) is 4.87. The third-order valence-electron chi connectivity index (χ3n) is 3.21. The fourth-order valence-corrected chi connectivity index (χ4v) is 2.50. The first-order valence-corrected chi connectivity index (χ1v) is 6.54. The molecule has 5 nitrogen and oxygen atoms in total. The summed E-state index contributed by atoms with van der Waals surface area (Å²) < 4.78 is 16.3. The largest absolute Gasteiger partial charge is 0.455 e. The third-order valence-corrected chi connectivity index (χ3v) is 3.21. The van der Waals surface area contributed by atoms with Crippen LogP contribution in [0, 0.1) is 0 Å². The van der Waals surface area contributed by atoms with Crippen LogP contribution < -0.4 is 4.74 Å². The van der Waals surface area contributed by atoms with Gasteiger partial charge in [0.05, 0.1) is 12.2 Å². The first-order valence-electron chi connectivity index (χ1n) is 6.54. The third kappa shape index (κ3) is 2.82. The van der Waals surface area contributed by atoms with Crippen molar-refractivity contribution in [1.82, 2.24) is 0 Å². The average Bonchev–Trinajstić information content (AvgIpc) is 2.33. The summed E-state index contributed by atoms with van der Waals surface area (Å²) in [5.74, 6) is -0.390. The van der Waals surface area contributed by atoms with Gasteiger partial charge >= 0.3 is 11.9 Å². The quantitative estimate of drug-likeness (QED) is 0.615. The van der Waals surface area contributed by atoms with Gasteiger partial charge in [-0.25, -0.2) is 0 Å². The van der Waals surface area contributed by atoms with E-state index in [0.29, 0.717) is 11.3 Å². The van der Waals surface area contributed by atoms with Crippen LogP contribution >= 0.6 is 0 Å². The highest BCUT2D eigenvalue weighted by Gasteiger charge is 2.36. The van der Waals surface area contributed by atoms with Gasteiger partial charge in [-0.2, -0.15) is 0 Å². The predicted octanol–water partition coefficient (Wildman–Crippen LogP) is 2.70. The van der Waals surface area contributed by atoms with Gasteiger partial charge in [0, 0.05) is 19.4 Å². The number of carbonyl (C=O) groups is 2. The van der Waals surface area contributed by atoms with E-state index in [9.17, 15) is 9.59 Å². The van der Waals surface area contributed by atoms with Crippen molar-refractivity contribution in [3.63, 3.8) is 0 Å². The lowest BCUT2D eigenvalue weighted by molar-refractivity contribution is -0.161. The maximum Gasteiger partial charge on any atom is 0.308 e. The minimum absolute atomic E-state index is 0.151. The maximum atomic E-state index is 11.3. The van der Waals surface area contributed by atoms with Crippen molar-refractivity contribution in [3.05, 3.63) is 29.3 Å². The topological polar surface area (TPSA) is 61.8 Å². The molecule has 0 bridgehead atoms. The maximum absolute atomic E-state index is 11.3. The summed E-state index contributed by atoms with van der Waals surface area (Å²) in [6.45, 7) is 6.43. The van der Waals surface area contributed by atoms with Crippen molar-refractivity contribution in [3.8, 4) is 5.75 Å². The molecule has 108 valence electrons. The molecule has 0 unspecified atom stereocenters. The minimum Gasteiger partial charge on any atom is -0.455 e. The second-order valence-electron chi connectivity index (χ2n) is 4.87. The van der Waals surface area contributed by atoms with Crippen molar-refractivity contribution < 1.29 is 23.8 Å². The normalized spacial score (nSPS) is 24.7. The number of hydrogen-bond donors (Lipinski definition) is 0. The molecule has 2 rings (SSSR count). The molecular formula is C15H18O5. The number of carbonyl (C=O) groups excluding carboxylic acids is 2. The molecule has 0 N–H and O–H groups in total. The van der Waals surface area contributed by atoms with Crippen molar-refractivity contribution in [2.45, 2.75) is 46.0 Å². The Labute approximate surface area is 117 Å². The molecule has 1 heterocycles. The molecule has 0 fully saturated rings. The van der Waals surface area contributed by atoms with Gasteiger partial charge in [0.1, 0.15) is 5.75 Å². The van der Waals surface area contributed by atoms with E-state index in [0.717, 1.165) is 5.56 Å². The van der Waals surface area contributed by atoms with Crippen LogP contribution in [0.3, 0.4) is 0 Å². The monoisotopic (exact) mass is 278 g/mol. The van der Waals surface area contributed by atoms with Crippen LogP contribution in [-0.4, -0.2) is 18.0 Å². The van der Waals surface area contributed by atoms with Crippen LogP contribution in [0.5, 0.6) is 5.75 Å². The smallest absolute Gasteiger partial charge is 0.308 e. The molecule has 1 aliphatic heterocycles. The van der Waals surface area contributed by atoms with E-state index in [1.165, 1.54) is 13.8 Å². The van der Waals surface area contributed by atoms with E-state index in [1.54, 1.807) is 12.1 Å². The Bertz CT molecular complexity index is 537. The SMILES string of the molecule is CC(=O)Oc1cccc2c1[C@@H](OC(C)=O)[C@H](C)O[C@@H]2C. The van der Waals surface area contributed by atoms with E-state index >= 15 is 0 Å². The average molecular weight is 278 g/mol. The van der Waals surface area contributed by atoms with Crippen molar-refractivity contribution in [1.29, 1.82) is 0 Å². The molecule has 0 spiro atoms. The zero-order chi connectivity index (χ0) is 14.9. The zero-order valence-corrected chi connectivity index (χ0v) is 12.0. The van der Waals surface area contributed by atoms with Gasteiger partial charge < -0.3 is 14.2 Å². The number of ether oxygens (including phenoxy) is 3. The number of hydrogen-bond acceptors (Lipinski definition) is 5. The highest BCUT2D eigenvalue weighted by molar-refractivity contribution is 5.71. The van der Waals surface area contributed by atoms with E-state index < -0.39 is 18.0 Å². The molecule has 0 saturated heterocycles. The molecule has 0 aliphatic carbocycles. The molecule has 1 aromatic carbocycles. The highest BCUT2D eigenvalue weighted by atomic mass is 16.6. The number of rotatable bonds is 2. The summed E-state index contributed by atoms with van der Waals surface area (Å²) in [5.41, 5.74) is 1.58. The Morgan fingerprint density at radius 2 is 1.85 bits per heavy atom. The number of benzene rings is 1. The first kappa shape index (κ1) is 14.5. The first-order chi connectivity index (χ1) is 9.40. The molecule has 20 heavy (non-hydrogen) atoms. The van der Waals surface area contributed by atoms with E-state index in [-0.39, 0.29) is 12.2 Å². The molecule has 1 aliphatic rings. The van der Waals surface area contributed by atoms with Crippen LogP contribution in [0.4, 0.5) is 0 Å². The van der Waals surface area contributed by atoms with Gasteiger partial charge in [0.25, 0.3) is 0 Å². The van der Waals surface area contributed by atoms with Crippen LogP contribution in [0.15, 0.2) is 18.2 Å². The van der Waals surface area contributed by atoms with E-state index in [1.807, 2.05) is 19.9 Å². The lowest BCUT2D eigenvalue weighted by Crippen LogP contribution is -2.31. The summed E-state index contributed by atoms with van der Waals surface area (Å²) in [7, 11) is 0. The lowest BCUT2D eigenvalue weighted by Gasteiger charge is -2.35. The fourth-order valence-electron chi connectivity index (χ4n) is 2.50. The molecule has 1 aromatic rings. The summed E-state index contributed by atoms with van der Waals surface area (Å²) in [6.07, 6.45) is -1.03. The zero-order valence-electron chi connectivity index (χ0n) is 12.0. The molecule has 0 radical (unpaired) electrons. The highest BCUT2D eigenvalue weighted by Crippen LogP contribution is 2.43. The van der Waals surface area contributed by atoms with Gasteiger partial charge in [-0.1, -0.05) is 12.1 Å². The van der Waals surface area contributed by atoms with Crippen LogP contribution in [-0.2, 0) is 19.1 Å². The Hall–Kier alpha value is -1.88. The van der Waals surface area contributed by atoms with Crippen molar-refractivity contribution >= 4 is 11.9 Å². The standard InChI is InChI=1S/C15H18O5/c1-8-12-6-5-7-13(19-10(3)16)14(12)15(9(2)18-8)20-11(4)17/h5-9,15H,1-4H3/t8-,9+,15+/m1/s1. The summed E-state index contributed by atoms with van der Waals surface area (Å²) in [5, 5.41) is 0. The second kappa shape index (κ2) is 5.63. The molecule has 0 saturated carbocycles. The molecule has 0 amide bonds. The molecular weight excluding hydrogens is 260 g/mol. The van der Waals surface area contributed by atoms with Gasteiger partial charge in [0.2, 0.25) is 0 Å². The van der Waals surface area contributed by atoms with Gasteiger partial charge in [-0.05, 0) is 25.5 Å². The number of esters is 2. The molecule has 0 aromatic heterocycles. The van der Waals surface area contributed by atoms with Gasteiger partial charge in [-0.15, -0.1) is 0 Å². The van der Waals surface area contributed by atoms with E-state index in [2.05, 4.69) is 0 Å². The minimum atomic E-state index is -0.575. The van der Waals surface area contributed by atoms with E-state index in [4.69, 9.17) is 14.2 Å². The lowest BCUT2D eigenvalue weighted by atomic mass is 9.92. The van der Waals surface area contributed by atoms with Crippen molar-refractivity contribution in [2.75, 3.05) is 0 Å². The van der Waals surface area contributed by atoms with Crippen LogP contribution in [0.2, 0.25) is 0 Å². The summed E-state index contributed by atoms with van der Waals surface area (Å²) in [6, 6.07) is 5.37. The Balaban J connectivity index is 2.52. The molecule has 3 atom stereocenters. The fraction of sp³-hybridized carbons (Fsp3) is 0.467. The Morgan fingerprint density at radius 1 is 1.15 bits per heavy atom. The predicted molar refractivity (Wildman–Crippen MR) is 71.2 cm³/mol. The summed E-state index contributed by atoms with van der Waals surface area (Å²) >= 11 is 0. The number of fused-ring (bicyclic) bond motifs is 1. The Morgan fingerprint density at radius 3 is 2.45 bits per heavy atom. The summed E-state index contributed by atoms with van der Waals surface area (Å²) in [4.78, 5) is 22.5. The van der Waals surface area contributed by atoms with Crippen LogP contribution in [0.1, 0.15) is 51.0 Å². The van der Waals surface area contributed by atoms with Gasteiger partial charge in [0.15, 0.2) is 6.10 Å². The van der Waals surface area contributed by atoms with Crippen molar-refractivity contribution in [2.24, 2.45) is 0 Å². The molecule has 5 heteroatoms. The van der Waals surface area contributed by atoms with Crippen LogP contribution in [0.25, 0.3) is 0 Å². The van der Waals surface area contributed by atoms with Gasteiger partial charge in [-0.3, -0.25) is 9.59 Å².